The van der Waals surface area contributed by atoms with Crippen LogP contribution in [0, 0.1) is 0 Å². The van der Waals surface area contributed by atoms with E-state index in [1.807, 2.05) is 0 Å². The molecular formula is C5H10NNa4O7P. The first-order valence-electron chi connectivity index (χ1n) is 3.41. The maximum absolute atomic E-state index is 10.5. The molecule has 0 unspecified atom stereocenters. The number of hydrogen-bond donors (Lipinski definition) is 4. The van der Waals surface area contributed by atoms with Gasteiger partial charge in [-0.05, 0) is 0 Å². The molecule has 0 amide bonds. The predicted molar refractivity (Wildman–Crippen MR) is 66.8 cm³/mol. The first-order valence-corrected chi connectivity index (χ1v) is 5.21. The Balaban J connectivity index is -0.000000141. The molecule has 0 rings (SSSR count). The minimum absolute atomic E-state index is 0. The molecule has 4 N–H and O–H groups in total. The summed E-state index contributed by atoms with van der Waals surface area (Å²) < 4.78 is 10.5. The summed E-state index contributed by atoms with van der Waals surface area (Å²) in [5, 5.41) is 16.6. The third-order valence-electron chi connectivity index (χ3n) is 1.10. The van der Waals surface area contributed by atoms with E-state index in [9.17, 15) is 14.2 Å². The van der Waals surface area contributed by atoms with Gasteiger partial charge in [0.2, 0.25) is 0 Å². The Morgan fingerprint density at radius 2 is 1.17 bits per heavy atom. The standard InChI is InChI=1S/C5H10NO7P.4Na/c7-4(8)1-6(2-5(9)10)3-14(11,12)13;;;;/h1-3H2,(H,7,8)(H,9,10)(H2,11,12,13);;;;. The van der Waals surface area contributed by atoms with Crippen LogP contribution in [0.4, 0.5) is 0 Å². The first-order chi connectivity index (χ1) is 6.20. The van der Waals surface area contributed by atoms with Crippen molar-refractivity contribution in [3.8, 4) is 0 Å². The van der Waals surface area contributed by atoms with E-state index >= 15 is 0 Å². The van der Waals surface area contributed by atoms with Gasteiger partial charge in [0, 0.05) is 118 Å². The Hall–Kier alpha value is 3.05. The molecule has 0 heterocycles. The zero-order chi connectivity index (χ0) is 11.4. The van der Waals surface area contributed by atoms with Crippen molar-refractivity contribution in [2.24, 2.45) is 0 Å². The molecule has 0 saturated carbocycles. The molecular weight excluding hydrogens is 309 g/mol. The molecule has 0 aliphatic heterocycles. The van der Waals surface area contributed by atoms with Crippen LogP contribution in [0.1, 0.15) is 0 Å². The van der Waals surface area contributed by atoms with E-state index in [-0.39, 0.29) is 118 Å². The van der Waals surface area contributed by atoms with Gasteiger partial charge in [0.25, 0.3) is 0 Å². The minimum atomic E-state index is -4.44. The van der Waals surface area contributed by atoms with Crippen molar-refractivity contribution in [1.82, 2.24) is 4.90 Å². The van der Waals surface area contributed by atoms with Gasteiger partial charge in [-0.1, -0.05) is 0 Å². The monoisotopic (exact) mass is 319 g/mol. The molecule has 0 bridgehead atoms. The Morgan fingerprint density at radius 3 is 1.33 bits per heavy atom. The second kappa shape index (κ2) is 16.4. The summed E-state index contributed by atoms with van der Waals surface area (Å²) in [7, 11) is -4.44. The third-order valence-corrected chi connectivity index (χ3v) is 1.87. The van der Waals surface area contributed by atoms with Crippen LogP contribution in [0.5, 0.6) is 0 Å². The minimum Gasteiger partial charge on any atom is -0.480 e. The van der Waals surface area contributed by atoms with Gasteiger partial charge in [0.05, 0.1) is 13.1 Å². The van der Waals surface area contributed by atoms with Crippen LogP contribution >= 0.6 is 7.60 Å². The Morgan fingerprint density at radius 1 is 0.889 bits per heavy atom. The number of hydrogen-bond acceptors (Lipinski definition) is 4. The van der Waals surface area contributed by atoms with Crippen molar-refractivity contribution < 1.29 is 34.2 Å². The van der Waals surface area contributed by atoms with E-state index in [1.54, 1.807) is 0 Å². The molecule has 0 spiro atoms. The van der Waals surface area contributed by atoms with Crippen LogP contribution in [-0.4, -0.2) is 174 Å². The zero-order valence-electron chi connectivity index (χ0n) is 11.0. The summed E-state index contributed by atoms with van der Waals surface area (Å²) in [4.78, 5) is 38.0. The number of carbonyl (C=O) groups is 2. The van der Waals surface area contributed by atoms with Gasteiger partial charge in [0.1, 0.15) is 6.29 Å². The van der Waals surface area contributed by atoms with Gasteiger partial charge < -0.3 is 20.0 Å². The maximum atomic E-state index is 10.5. The molecule has 4 radical (unpaired) electrons. The summed E-state index contributed by atoms with van der Waals surface area (Å²) in [6.45, 7) is -1.45. The van der Waals surface area contributed by atoms with Gasteiger partial charge in [-0.15, -0.1) is 0 Å². The van der Waals surface area contributed by atoms with Crippen LogP contribution in [-0.2, 0) is 14.2 Å². The molecule has 0 aliphatic carbocycles. The van der Waals surface area contributed by atoms with Crippen LogP contribution in [0.3, 0.4) is 0 Å². The fourth-order valence-electron chi connectivity index (χ4n) is 0.799. The van der Waals surface area contributed by atoms with Crippen LogP contribution < -0.4 is 0 Å². The van der Waals surface area contributed by atoms with Crippen LogP contribution in [0.2, 0.25) is 0 Å². The maximum Gasteiger partial charge on any atom is 0.339 e. The van der Waals surface area contributed by atoms with Gasteiger partial charge in [-0.2, -0.15) is 0 Å². The van der Waals surface area contributed by atoms with Gasteiger partial charge in [0.15, 0.2) is 0 Å². The molecule has 0 saturated heterocycles. The molecule has 0 fully saturated rings. The molecule has 8 nitrogen and oxygen atoms in total. The fourth-order valence-corrected chi connectivity index (χ4v) is 1.52. The number of nitrogens with zero attached hydrogens (tertiary/aromatic N) is 1. The molecule has 0 aromatic heterocycles. The Kier molecular flexibility index (Phi) is 30.0. The normalized spacial score (nSPS) is 9.06. The van der Waals surface area contributed by atoms with Crippen molar-refractivity contribution >= 4 is 138 Å². The second-order valence-electron chi connectivity index (χ2n) is 2.58. The van der Waals surface area contributed by atoms with E-state index < -0.39 is 38.9 Å². The van der Waals surface area contributed by atoms with Gasteiger partial charge in [-0.25, -0.2) is 0 Å². The zero-order valence-corrected chi connectivity index (χ0v) is 19.9. The van der Waals surface area contributed by atoms with E-state index in [2.05, 4.69) is 0 Å². The van der Waals surface area contributed by atoms with Gasteiger partial charge >= 0.3 is 19.5 Å². The van der Waals surface area contributed by atoms with Crippen molar-refractivity contribution in [3.63, 3.8) is 0 Å². The first kappa shape index (κ1) is 32.8. The summed E-state index contributed by atoms with van der Waals surface area (Å²) in [5.41, 5.74) is 0. The van der Waals surface area contributed by atoms with Gasteiger partial charge in [-0.3, -0.25) is 19.1 Å². The molecule has 18 heavy (non-hydrogen) atoms. The Labute approximate surface area is 193 Å². The molecule has 0 atom stereocenters. The average molecular weight is 319 g/mol. The van der Waals surface area contributed by atoms with Crippen molar-refractivity contribution in [2.75, 3.05) is 19.4 Å². The molecule has 0 aromatic carbocycles. The van der Waals surface area contributed by atoms with Crippen LogP contribution in [0.15, 0.2) is 0 Å². The quantitative estimate of drug-likeness (QED) is 0.302. The summed E-state index contributed by atoms with van der Waals surface area (Å²) in [6, 6.07) is 0. The number of aliphatic carboxylic acids is 2. The number of rotatable bonds is 6. The molecule has 0 aliphatic rings. The second-order valence-corrected chi connectivity index (χ2v) is 4.19. The van der Waals surface area contributed by atoms with Crippen LogP contribution in [0.25, 0.3) is 0 Å². The smallest absolute Gasteiger partial charge is 0.339 e. The van der Waals surface area contributed by atoms with Crippen molar-refractivity contribution in [2.45, 2.75) is 0 Å². The van der Waals surface area contributed by atoms with Crippen molar-refractivity contribution in [3.05, 3.63) is 0 Å². The number of carboxylic acid groups (broad SMARTS) is 2. The Bertz CT molecular complexity index is 269. The summed E-state index contributed by atoms with van der Waals surface area (Å²) in [5.74, 6) is -2.70. The predicted octanol–water partition coefficient (Wildman–Crippen LogP) is -2.93. The number of carboxylic acids is 2. The summed E-state index contributed by atoms with van der Waals surface area (Å²) in [6.07, 6.45) is -0.883. The topological polar surface area (TPSA) is 135 Å². The molecule has 13 heteroatoms. The van der Waals surface area contributed by atoms with E-state index in [0.29, 0.717) is 4.90 Å². The third kappa shape index (κ3) is 24.1. The largest absolute Gasteiger partial charge is 0.480 e. The van der Waals surface area contributed by atoms with E-state index in [4.69, 9.17) is 20.0 Å². The van der Waals surface area contributed by atoms with E-state index in [1.165, 1.54) is 0 Å². The fraction of sp³-hybridized carbons (Fsp3) is 0.600. The van der Waals surface area contributed by atoms with E-state index in [0.717, 1.165) is 0 Å². The summed E-state index contributed by atoms with van der Waals surface area (Å²) >= 11 is 0. The SMILES string of the molecule is O=C(O)CN(CC(=O)O)CP(=O)(O)O.[Na].[Na].[Na].[Na]. The average Bonchev–Trinajstić information content (AvgIpc) is 1.77. The molecule has 0 aromatic rings. The molecule has 86 valence electrons. The van der Waals surface area contributed by atoms with Crippen molar-refractivity contribution in [1.29, 1.82) is 0 Å².